The van der Waals surface area contributed by atoms with E-state index in [2.05, 4.69) is 4.74 Å². The van der Waals surface area contributed by atoms with Crippen LogP contribution in [0.15, 0.2) is 30.0 Å². The van der Waals surface area contributed by atoms with E-state index >= 15 is 0 Å². The zero-order valence-electron chi connectivity index (χ0n) is 37.9. The number of amides is 2. The quantitative estimate of drug-likeness (QED) is 0.163. The first-order valence-corrected chi connectivity index (χ1v) is 21.7. The van der Waals surface area contributed by atoms with E-state index < -0.39 is 17.0 Å². The number of hydrogen-bond donors (Lipinski definition) is 0. The zero-order valence-corrected chi connectivity index (χ0v) is 39.4. The Hall–Kier alpha value is -3.60. The van der Waals surface area contributed by atoms with Crippen LogP contribution >= 0.6 is 23.2 Å². The third-order valence-electron chi connectivity index (χ3n) is 11.7. The van der Waals surface area contributed by atoms with Crippen LogP contribution < -0.4 is 0 Å². The Bertz CT molecular complexity index is 1890. The molecular weight excluding hydrogens is 827 g/mol. The van der Waals surface area contributed by atoms with Gasteiger partial charge in [-0.25, -0.2) is 10.1 Å². The molecule has 2 aromatic carbocycles. The van der Waals surface area contributed by atoms with Gasteiger partial charge in [0.25, 0.3) is 11.8 Å². The Balaban J connectivity index is 0.000000228. The van der Waals surface area contributed by atoms with Crippen molar-refractivity contribution in [1.29, 1.82) is 0 Å². The van der Waals surface area contributed by atoms with Crippen molar-refractivity contribution in [2.24, 2.45) is 5.92 Å². The Labute approximate surface area is 371 Å². The monoisotopic (exact) mass is 890 g/mol. The average Bonchev–Trinajstić information content (AvgIpc) is 3.54. The van der Waals surface area contributed by atoms with Gasteiger partial charge < -0.3 is 19.1 Å². The van der Waals surface area contributed by atoms with Crippen molar-refractivity contribution in [3.8, 4) is 0 Å². The van der Waals surface area contributed by atoms with Crippen LogP contribution in [0.4, 0.5) is 0 Å². The van der Waals surface area contributed by atoms with Gasteiger partial charge in [-0.3, -0.25) is 28.9 Å². The average molecular weight is 892 g/mol. The zero-order chi connectivity index (χ0) is 45.4. The van der Waals surface area contributed by atoms with E-state index in [1.165, 1.54) is 10.1 Å². The largest absolute Gasteiger partial charge is 0.498 e. The summed E-state index contributed by atoms with van der Waals surface area (Å²) in [5.41, 5.74) is 4.24. The number of esters is 1. The number of hydrogen-bond acceptors (Lipinski definition) is 12. The number of benzene rings is 2. The number of piperidine rings is 2. The number of nitrogens with zero attached hydrogens (tertiary/aromatic N) is 4. The fraction of sp³-hybridized carbons (Fsp3) is 0.600. The molecule has 4 heterocycles. The van der Waals surface area contributed by atoms with Crippen LogP contribution in [0.3, 0.4) is 0 Å². The maximum Gasteiger partial charge on any atom is 0.308 e. The van der Waals surface area contributed by atoms with Gasteiger partial charge in [0, 0.05) is 36.2 Å². The number of aryl methyl sites for hydroxylation is 4. The van der Waals surface area contributed by atoms with Crippen molar-refractivity contribution in [2.45, 2.75) is 105 Å². The second kappa shape index (κ2) is 21.7. The number of Topliss-reactive ketones (excluding diaryl/α,β-unsaturated/α-hetero) is 1. The molecule has 4 aliphatic rings. The van der Waals surface area contributed by atoms with Gasteiger partial charge in [0.2, 0.25) is 0 Å². The minimum atomic E-state index is -0.925. The summed E-state index contributed by atoms with van der Waals surface area (Å²) in [6.45, 7) is 20.6. The molecule has 2 amide bonds. The number of ether oxygens (including phenoxy) is 2. The second-order valence-corrected chi connectivity index (χ2v) is 16.7. The van der Waals surface area contributed by atoms with Gasteiger partial charge in [0.1, 0.15) is 22.8 Å². The van der Waals surface area contributed by atoms with Crippen LogP contribution in [0.5, 0.6) is 0 Å². The van der Waals surface area contributed by atoms with Crippen molar-refractivity contribution in [3.05, 3.63) is 73.5 Å². The van der Waals surface area contributed by atoms with Crippen LogP contribution in [0.1, 0.15) is 99.6 Å². The summed E-state index contributed by atoms with van der Waals surface area (Å²) in [6, 6.07) is 7.35. The highest BCUT2D eigenvalue weighted by Crippen LogP contribution is 2.48. The smallest absolute Gasteiger partial charge is 0.308 e. The van der Waals surface area contributed by atoms with Crippen LogP contribution in [0, 0.1) is 33.6 Å². The molecule has 3 saturated heterocycles. The molecule has 4 aliphatic heterocycles. The van der Waals surface area contributed by atoms with Crippen LogP contribution in [0.2, 0.25) is 10.0 Å². The molecule has 0 radical (unpaired) electrons. The summed E-state index contributed by atoms with van der Waals surface area (Å²) in [7, 11) is 4.91. The first-order chi connectivity index (χ1) is 28.9. The molecule has 0 aromatic heterocycles. The molecule has 16 heteroatoms. The maximum absolute atomic E-state index is 13.5. The van der Waals surface area contributed by atoms with E-state index in [0.29, 0.717) is 93.1 Å². The van der Waals surface area contributed by atoms with E-state index in [-0.39, 0.29) is 29.5 Å². The summed E-state index contributed by atoms with van der Waals surface area (Å²) < 4.78 is 10.5. The van der Waals surface area contributed by atoms with E-state index in [9.17, 15) is 19.2 Å². The van der Waals surface area contributed by atoms with Gasteiger partial charge in [0.15, 0.2) is 5.78 Å². The predicted molar refractivity (Wildman–Crippen MR) is 233 cm³/mol. The van der Waals surface area contributed by atoms with Crippen molar-refractivity contribution in [1.82, 2.24) is 20.3 Å². The van der Waals surface area contributed by atoms with Gasteiger partial charge >= 0.3 is 5.97 Å². The highest BCUT2D eigenvalue weighted by atomic mass is 35.5. The fourth-order valence-electron chi connectivity index (χ4n) is 8.87. The first kappa shape index (κ1) is 50.0. The standard InChI is InChI=1S/C20H27ClN2O4.C19H25ClN2O4.C6H12O2/c1-6-27-23-19(24)17(16-13(2)11-15(21)12-14(16)3)18(25-4)20(23)7-9-22(26-5)10-8-20;1-5-26-22-18(24)16(15-12(2)10-14(20)11-13(15)3)17(23)19(22)6-8-21(25-4)9-7-19;1-4-8-6(7)5(2)3/h11-12H,6-10H2,1-5H3;10-11,16H,5-9H2,1-4H3;5H,4H2,1-3H3. The van der Waals surface area contributed by atoms with Crippen molar-refractivity contribution < 1.29 is 48.0 Å². The molecule has 0 N–H and O–H groups in total. The molecule has 338 valence electrons. The van der Waals surface area contributed by atoms with Crippen LogP contribution in [-0.2, 0) is 48.0 Å². The summed E-state index contributed by atoms with van der Waals surface area (Å²) in [5.74, 6) is -0.801. The van der Waals surface area contributed by atoms with E-state index in [1.807, 2.05) is 72.6 Å². The van der Waals surface area contributed by atoms with Crippen LogP contribution in [-0.4, -0.2) is 122 Å². The highest BCUT2D eigenvalue weighted by molar-refractivity contribution is 6.31. The number of halogens is 2. The molecule has 2 aromatic rings. The molecule has 0 bridgehead atoms. The second-order valence-electron chi connectivity index (χ2n) is 15.8. The Kier molecular flexibility index (Phi) is 17.8. The first-order valence-electron chi connectivity index (χ1n) is 21.0. The predicted octanol–water partition coefficient (Wildman–Crippen LogP) is 7.51. The van der Waals surface area contributed by atoms with E-state index in [1.54, 1.807) is 45.4 Å². The number of rotatable bonds is 11. The maximum atomic E-state index is 13.5. The number of hydroxylamine groups is 8. The molecule has 1 atom stereocenters. The number of ketones is 1. The number of carbonyl (C=O) groups excluding carboxylic acids is 4. The lowest BCUT2D eigenvalue weighted by Crippen LogP contribution is -2.56. The van der Waals surface area contributed by atoms with Gasteiger partial charge in [0.05, 0.1) is 52.6 Å². The van der Waals surface area contributed by atoms with E-state index in [4.69, 9.17) is 47.3 Å². The molecular formula is C45H64Cl2N4O10. The highest BCUT2D eigenvalue weighted by Gasteiger charge is 2.61. The van der Waals surface area contributed by atoms with Gasteiger partial charge in [-0.15, -0.1) is 0 Å². The lowest BCUT2D eigenvalue weighted by atomic mass is 9.79. The topological polar surface area (TPSA) is 137 Å². The van der Waals surface area contributed by atoms with Crippen LogP contribution in [0.25, 0.3) is 5.57 Å². The molecule has 14 nitrogen and oxygen atoms in total. The molecule has 0 aliphatic carbocycles. The van der Waals surface area contributed by atoms with Gasteiger partial charge in [-0.2, -0.15) is 10.1 Å². The lowest BCUT2D eigenvalue weighted by molar-refractivity contribution is -0.231. The SMILES string of the molecule is CCOC(=O)C(C)C.CCON1C(=O)C(c2c(C)cc(Cl)cc2C)=C(OC)C12CCN(OC)CC2.CCON1C(=O)C(c2c(C)cc(Cl)cc2C)C(=O)C12CCN(OC)CC2. The Morgan fingerprint density at radius 3 is 1.54 bits per heavy atom. The van der Waals surface area contributed by atoms with E-state index in [0.717, 1.165) is 33.4 Å². The molecule has 6 rings (SSSR count). The molecule has 0 saturated carbocycles. The number of methoxy groups -OCH3 is 1. The minimum absolute atomic E-state index is 0.00921. The minimum Gasteiger partial charge on any atom is -0.498 e. The fourth-order valence-corrected chi connectivity index (χ4v) is 9.52. The Morgan fingerprint density at radius 1 is 0.705 bits per heavy atom. The third-order valence-corrected chi connectivity index (χ3v) is 12.1. The van der Waals surface area contributed by atoms with Gasteiger partial charge in [-0.1, -0.05) is 37.0 Å². The van der Waals surface area contributed by atoms with Crippen molar-refractivity contribution in [2.75, 3.05) is 67.3 Å². The summed E-state index contributed by atoms with van der Waals surface area (Å²) in [4.78, 5) is 72.9. The summed E-state index contributed by atoms with van der Waals surface area (Å²) >= 11 is 12.3. The normalized spacial score (nSPS) is 20.0. The third kappa shape index (κ3) is 10.3. The van der Waals surface area contributed by atoms with Crippen molar-refractivity contribution in [3.63, 3.8) is 0 Å². The number of carbonyl (C=O) groups is 4. The summed E-state index contributed by atoms with van der Waals surface area (Å²) in [6.07, 6.45) is 2.33. The Morgan fingerprint density at radius 2 is 1.15 bits per heavy atom. The van der Waals surface area contributed by atoms with Gasteiger partial charge in [-0.05, 0) is 132 Å². The van der Waals surface area contributed by atoms with Crippen molar-refractivity contribution >= 4 is 52.3 Å². The molecule has 1 unspecified atom stereocenters. The molecule has 2 spiro atoms. The summed E-state index contributed by atoms with van der Waals surface area (Å²) in [5, 5.41) is 7.83. The molecule has 3 fully saturated rings. The molecule has 61 heavy (non-hydrogen) atoms. The lowest BCUT2D eigenvalue weighted by Gasteiger charge is -2.43.